The van der Waals surface area contributed by atoms with Crippen molar-refractivity contribution in [3.8, 4) is 21.7 Å². The van der Waals surface area contributed by atoms with Gasteiger partial charge in [-0.15, -0.1) is 0 Å². The smallest absolute Gasteiger partial charge is 0.347 e. The number of fused-ring (bicyclic) bond motifs is 3. The average Bonchev–Trinajstić information content (AvgIpc) is 3.38. The highest BCUT2D eigenvalue weighted by Gasteiger charge is 2.46. The van der Waals surface area contributed by atoms with Crippen molar-refractivity contribution in [3.63, 3.8) is 0 Å². The van der Waals surface area contributed by atoms with Crippen LogP contribution < -0.4 is 15.1 Å². The van der Waals surface area contributed by atoms with Crippen LogP contribution >= 0.6 is 11.3 Å². The monoisotopic (exact) mass is 493 g/mol. The van der Waals surface area contributed by atoms with Gasteiger partial charge in [0.15, 0.2) is 10.9 Å². The number of aromatic nitrogens is 2. The van der Waals surface area contributed by atoms with E-state index >= 15 is 0 Å². The van der Waals surface area contributed by atoms with Crippen molar-refractivity contribution in [1.29, 1.82) is 0 Å². The number of pyridine rings is 1. The molecule has 1 N–H and O–H groups in total. The molecule has 35 heavy (non-hydrogen) atoms. The van der Waals surface area contributed by atoms with Crippen LogP contribution in [0.4, 0.5) is 34.6 Å². The summed E-state index contributed by atoms with van der Waals surface area (Å²) in [5.41, 5.74) is 1.76. The lowest BCUT2D eigenvalue weighted by atomic mass is 10.1. The van der Waals surface area contributed by atoms with Gasteiger partial charge in [0.2, 0.25) is 0 Å². The number of hydrogen-bond donors (Lipinski definition) is 1. The Morgan fingerprint density at radius 3 is 2.57 bits per heavy atom. The Morgan fingerprint density at radius 2 is 1.83 bits per heavy atom. The van der Waals surface area contributed by atoms with Crippen molar-refractivity contribution < 1.29 is 18.0 Å². The van der Waals surface area contributed by atoms with Gasteiger partial charge in [-0.1, -0.05) is 53.8 Å². The van der Waals surface area contributed by atoms with E-state index < -0.39 is 11.7 Å². The summed E-state index contributed by atoms with van der Waals surface area (Å²) >= 11 is 1.37. The zero-order valence-corrected chi connectivity index (χ0v) is 19.0. The predicted molar refractivity (Wildman–Crippen MR) is 129 cm³/mol. The largest absolute Gasteiger partial charge is 0.416 e. The van der Waals surface area contributed by atoms with Crippen molar-refractivity contribution in [1.82, 2.24) is 9.97 Å². The molecule has 0 aliphatic carbocycles. The molecule has 2 amide bonds. The summed E-state index contributed by atoms with van der Waals surface area (Å²) in [6.07, 6.45) is -2.14. The Kier molecular flexibility index (Phi) is 4.99. The van der Waals surface area contributed by atoms with E-state index in [0.717, 1.165) is 41.2 Å². The quantitative estimate of drug-likeness (QED) is 0.355. The maximum atomic E-state index is 13.3. The summed E-state index contributed by atoms with van der Waals surface area (Å²) in [7, 11) is 0. The molecule has 1 unspecified atom stereocenters. The SMILES string of the molecule is O=C(Nc1ncc(-c2ccccc2)s1)N1c2nc(-c3cccc(C(F)(F)F)c3)ccc2N2CCC21. The van der Waals surface area contributed by atoms with Crippen molar-refractivity contribution in [2.45, 2.75) is 18.8 Å². The van der Waals surface area contributed by atoms with Crippen LogP contribution in [0.15, 0.2) is 72.9 Å². The first-order valence-electron chi connectivity index (χ1n) is 11.0. The highest BCUT2D eigenvalue weighted by atomic mass is 32.1. The number of rotatable bonds is 3. The van der Waals surface area contributed by atoms with Gasteiger partial charge in [-0.2, -0.15) is 13.2 Å². The van der Waals surface area contributed by atoms with E-state index in [-0.39, 0.29) is 12.2 Å². The second-order valence-corrected chi connectivity index (χ2v) is 9.31. The number of urea groups is 1. The van der Waals surface area contributed by atoms with Gasteiger partial charge < -0.3 is 4.90 Å². The third kappa shape index (κ3) is 3.79. The first kappa shape index (κ1) is 21.6. The first-order chi connectivity index (χ1) is 16.9. The molecule has 2 aliphatic rings. The molecule has 0 radical (unpaired) electrons. The van der Waals surface area contributed by atoms with E-state index in [1.54, 1.807) is 23.2 Å². The summed E-state index contributed by atoms with van der Waals surface area (Å²) in [5.74, 6) is 0.430. The molecule has 176 valence electrons. The van der Waals surface area contributed by atoms with E-state index in [9.17, 15) is 18.0 Å². The lowest BCUT2D eigenvalue weighted by Gasteiger charge is -2.39. The number of anilines is 3. The minimum Gasteiger partial charge on any atom is -0.347 e. The van der Waals surface area contributed by atoms with Crippen molar-refractivity contribution in [2.24, 2.45) is 0 Å². The van der Waals surface area contributed by atoms with Gasteiger partial charge in [0.05, 0.1) is 21.8 Å². The molecule has 6 rings (SSSR count). The highest BCUT2D eigenvalue weighted by molar-refractivity contribution is 7.19. The number of nitrogens with one attached hydrogen (secondary N) is 1. The molecule has 4 aromatic rings. The Labute approximate surface area is 202 Å². The average molecular weight is 494 g/mol. The molecule has 1 fully saturated rings. The van der Waals surface area contributed by atoms with Crippen LogP contribution in [0.25, 0.3) is 21.7 Å². The molecule has 1 atom stereocenters. The fourth-order valence-corrected chi connectivity index (χ4v) is 5.18. The fourth-order valence-electron chi connectivity index (χ4n) is 4.37. The van der Waals surface area contributed by atoms with E-state index in [1.165, 1.54) is 17.4 Å². The molecule has 2 aliphatic heterocycles. The molecular formula is C25H18F3N5OS. The highest BCUT2D eigenvalue weighted by Crippen LogP contribution is 2.45. The van der Waals surface area contributed by atoms with Crippen molar-refractivity contribution >= 4 is 34.0 Å². The number of benzene rings is 2. The Hall–Kier alpha value is -3.92. The summed E-state index contributed by atoms with van der Waals surface area (Å²) in [5, 5.41) is 3.33. The van der Waals surface area contributed by atoms with Crippen LogP contribution in [-0.2, 0) is 6.18 Å². The van der Waals surface area contributed by atoms with E-state index in [2.05, 4.69) is 20.2 Å². The maximum Gasteiger partial charge on any atom is 0.416 e. The molecule has 4 heterocycles. The van der Waals surface area contributed by atoms with Gasteiger partial charge in [0, 0.05) is 24.7 Å². The Morgan fingerprint density at radius 1 is 1.03 bits per heavy atom. The molecule has 2 aromatic carbocycles. The van der Waals surface area contributed by atoms with Crippen LogP contribution in [0.1, 0.15) is 12.0 Å². The van der Waals surface area contributed by atoms with Gasteiger partial charge in [-0.25, -0.2) is 14.8 Å². The molecule has 0 spiro atoms. The van der Waals surface area contributed by atoms with Gasteiger partial charge >= 0.3 is 12.2 Å². The van der Waals surface area contributed by atoms with Gasteiger partial charge in [0.25, 0.3) is 0 Å². The van der Waals surface area contributed by atoms with E-state index in [4.69, 9.17) is 0 Å². The standard InChI is InChI=1S/C25H18F3N5OS/c26-25(27,28)17-8-4-7-16(13-17)18-9-10-19-22(30-18)33(21-11-12-32(19)21)24(34)31-23-29-14-20(35-23)15-5-2-1-3-6-15/h1-10,13-14,21H,11-12H2,(H,29,31,34). The predicted octanol–water partition coefficient (Wildman–Crippen LogP) is 6.48. The number of thiazole rings is 1. The molecule has 10 heteroatoms. The Balaban J connectivity index is 1.30. The minimum absolute atomic E-state index is 0.178. The number of nitrogens with zero attached hydrogens (tertiary/aromatic N) is 4. The summed E-state index contributed by atoms with van der Waals surface area (Å²) < 4.78 is 39.6. The zero-order chi connectivity index (χ0) is 24.2. The first-order valence-corrected chi connectivity index (χ1v) is 11.8. The maximum absolute atomic E-state index is 13.3. The Bertz CT molecular complexity index is 1420. The molecule has 0 saturated carbocycles. The number of carbonyl (C=O) groups is 1. The summed E-state index contributed by atoms with van der Waals surface area (Å²) in [6.45, 7) is 0.779. The second kappa shape index (κ2) is 8.09. The van der Waals surface area contributed by atoms with Crippen molar-refractivity contribution in [2.75, 3.05) is 21.7 Å². The van der Waals surface area contributed by atoms with Crippen LogP contribution in [0.2, 0.25) is 0 Å². The third-order valence-corrected chi connectivity index (χ3v) is 7.12. The minimum atomic E-state index is -4.45. The van der Waals surface area contributed by atoms with Crippen LogP contribution in [-0.4, -0.2) is 28.7 Å². The van der Waals surface area contributed by atoms with Crippen molar-refractivity contribution in [3.05, 3.63) is 78.5 Å². The molecule has 6 nitrogen and oxygen atoms in total. The van der Waals surface area contributed by atoms with Crippen LogP contribution in [0, 0.1) is 0 Å². The van der Waals surface area contributed by atoms with Gasteiger partial charge in [0.1, 0.15) is 6.17 Å². The number of amides is 2. The zero-order valence-electron chi connectivity index (χ0n) is 18.2. The molecule has 0 bridgehead atoms. The second-order valence-electron chi connectivity index (χ2n) is 8.28. The van der Waals surface area contributed by atoms with E-state index in [1.807, 2.05) is 36.4 Å². The van der Waals surface area contributed by atoms with Gasteiger partial charge in [-0.3, -0.25) is 10.2 Å². The number of hydrogen-bond acceptors (Lipinski definition) is 5. The van der Waals surface area contributed by atoms with Crippen LogP contribution in [0.5, 0.6) is 0 Å². The molecule has 2 aromatic heterocycles. The lowest BCUT2D eigenvalue weighted by molar-refractivity contribution is -0.137. The van der Waals surface area contributed by atoms with E-state index in [0.29, 0.717) is 22.2 Å². The fraction of sp³-hybridized carbons (Fsp3) is 0.160. The summed E-state index contributed by atoms with van der Waals surface area (Å²) in [6, 6.07) is 17.9. The lowest BCUT2D eigenvalue weighted by Crippen LogP contribution is -2.56. The number of halogens is 3. The molecular weight excluding hydrogens is 475 g/mol. The number of carbonyl (C=O) groups excluding carboxylic acids is 1. The third-order valence-electron chi connectivity index (χ3n) is 6.16. The normalized spacial score (nSPS) is 16.5. The summed E-state index contributed by atoms with van der Waals surface area (Å²) in [4.78, 5) is 26.8. The van der Waals surface area contributed by atoms with Crippen LogP contribution in [0.3, 0.4) is 0 Å². The van der Waals surface area contributed by atoms with Gasteiger partial charge in [-0.05, 0) is 29.8 Å². The number of alkyl halides is 3. The topological polar surface area (TPSA) is 61.4 Å². The molecule has 1 saturated heterocycles.